The van der Waals surface area contributed by atoms with Crippen LogP contribution in [0.4, 0.5) is 18.0 Å². The summed E-state index contributed by atoms with van der Waals surface area (Å²) in [6.45, 7) is 2.93. The molecule has 3 aromatic rings. The van der Waals surface area contributed by atoms with Crippen LogP contribution in [0, 0.1) is 41.4 Å². The van der Waals surface area contributed by atoms with Gasteiger partial charge in [0.2, 0.25) is 0 Å². The molecule has 2 aromatic heterocycles. The van der Waals surface area contributed by atoms with Crippen LogP contribution in [-0.2, 0) is 32.1 Å². The minimum absolute atomic E-state index is 0.0201. The molecule has 0 radical (unpaired) electrons. The smallest absolute Gasteiger partial charge is 0.416 e. The van der Waals surface area contributed by atoms with Crippen LogP contribution in [0.1, 0.15) is 61.7 Å². The maximum atomic E-state index is 13.1. The number of amides is 1. The molecule has 1 N–H and O–H groups in total. The van der Waals surface area contributed by atoms with E-state index in [2.05, 4.69) is 31.9 Å². The van der Waals surface area contributed by atoms with E-state index in [-0.39, 0.29) is 24.1 Å². The Kier molecular flexibility index (Phi) is 9.89. The molecule has 0 aliphatic heterocycles. The van der Waals surface area contributed by atoms with Crippen molar-refractivity contribution in [3.63, 3.8) is 0 Å². The Balaban J connectivity index is 1.39. The predicted molar refractivity (Wildman–Crippen MR) is 148 cm³/mol. The molecule has 2 heterocycles. The van der Waals surface area contributed by atoms with E-state index >= 15 is 0 Å². The molecule has 1 aliphatic rings. The number of aromatic nitrogens is 5. The minimum atomic E-state index is -4.49. The first-order valence-electron chi connectivity index (χ1n) is 14.0. The number of nitriles is 1. The largest absolute Gasteiger partial charge is 0.465 e. The second-order valence-electron chi connectivity index (χ2n) is 11.0. The molecular weight excluding hydrogens is 547 g/mol. The fourth-order valence-corrected chi connectivity index (χ4v) is 5.58. The lowest BCUT2D eigenvalue weighted by Crippen LogP contribution is -2.36. The monoisotopic (exact) mass is 581 g/mol. The summed E-state index contributed by atoms with van der Waals surface area (Å²) < 4.78 is 42.7. The summed E-state index contributed by atoms with van der Waals surface area (Å²) in [6, 6.07) is 6.97. The molecule has 1 aliphatic carbocycles. The number of halogens is 3. The maximum Gasteiger partial charge on any atom is 0.416 e. The van der Waals surface area contributed by atoms with Crippen molar-refractivity contribution in [3.05, 3.63) is 59.4 Å². The van der Waals surface area contributed by atoms with Crippen molar-refractivity contribution in [1.82, 2.24) is 29.4 Å². The summed E-state index contributed by atoms with van der Waals surface area (Å²) in [7, 11) is 0. The zero-order chi connectivity index (χ0) is 30.3. The van der Waals surface area contributed by atoms with Gasteiger partial charge in [0.1, 0.15) is 5.69 Å². The van der Waals surface area contributed by atoms with E-state index in [9.17, 15) is 23.1 Å². The van der Waals surface area contributed by atoms with E-state index < -0.39 is 17.8 Å². The average Bonchev–Trinajstić information content (AvgIpc) is 3.58. The number of rotatable bonds is 11. The molecule has 1 saturated carbocycles. The highest BCUT2D eigenvalue weighted by Crippen LogP contribution is 2.32. The van der Waals surface area contributed by atoms with Gasteiger partial charge in [-0.15, -0.1) is 17.4 Å². The molecule has 42 heavy (non-hydrogen) atoms. The van der Waals surface area contributed by atoms with Gasteiger partial charge in [-0.2, -0.15) is 18.4 Å². The Morgan fingerprint density at radius 3 is 2.81 bits per heavy atom. The van der Waals surface area contributed by atoms with E-state index in [1.807, 2.05) is 13.3 Å². The summed E-state index contributed by atoms with van der Waals surface area (Å²) in [5, 5.41) is 27.0. The third kappa shape index (κ3) is 7.90. The van der Waals surface area contributed by atoms with Crippen LogP contribution < -0.4 is 0 Å². The molecule has 0 saturated heterocycles. The molecule has 222 valence electrons. The number of benzene rings is 1. The molecule has 3 unspecified atom stereocenters. The van der Waals surface area contributed by atoms with Crippen molar-refractivity contribution in [3.8, 4) is 24.1 Å². The van der Waals surface area contributed by atoms with E-state index in [4.69, 9.17) is 11.7 Å². The normalized spacial score (nSPS) is 17.8. The predicted octanol–water partition coefficient (Wildman–Crippen LogP) is 5.74. The summed E-state index contributed by atoms with van der Waals surface area (Å²) in [5.74, 6) is 3.14. The first kappa shape index (κ1) is 30.6. The summed E-state index contributed by atoms with van der Waals surface area (Å²) in [5.41, 5.74) is 1.66. The molecule has 3 atom stereocenters. The number of imidazole rings is 1. The van der Waals surface area contributed by atoms with Gasteiger partial charge in [-0.05, 0) is 69.1 Å². The zero-order valence-electron chi connectivity index (χ0n) is 23.5. The molecule has 9 nitrogen and oxygen atoms in total. The van der Waals surface area contributed by atoms with Gasteiger partial charge in [0.15, 0.2) is 0 Å². The molecule has 0 spiro atoms. The number of alkyl halides is 3. The highest BCUT2D eigenvalue weighted by atomic mass is 19.4. The van der Waals surface area contributed by atoms with Crippen LogP contribution >= 0.6 is 0 Å². The van der Waals surface area contributed by atoms with Gasteiger partial charge in [-0.1, -0.05) is 17.7 Å². The SMILES string of the molecule is C#CCc1c(CCC(C)C#N)ncn1CC1CCCC(CN(Cc2cn(-c3cccc(C(F)(F)F)c3)nn2)C(=O)O)C1. The lowest BCUT2D eigenvalue weighted by molar-refractivity contribution is -0.137. The van der Waals surface area contributed by atoms with Gasteiger partial charge in [0.25, 0.3) is 0 Å². The Labute approximate surface area is 243 Å². The van der Waals surface area contributed by atoms with Crippen molar-refractivity contribution in [2.24, 2.45) is 17.8 Å². The Morgan fingerprint density at radius 1 is 1.31 bits per heavy atom. The van der Waals surface area contributed by atoms with Crippen LogP contribution in [0.25, 0.3) is 5.69 Å². The van der Waals surface area contributed by atoms with Gasteiger partial charge in [-0.25, -0.2) is 14.5 Å². The Hall–Kier alpha value is -4.32. The van der Waals surface area contributed by atoms with Crippen LogP contribution in [0.15, 0.2) is 36.8 Å². The third-order valence-electron chi connectivity index (χ3n) is 7.76. The standard InChI is InChI=1S/C30H34F3N7O2/c1-3-6-28-27(12-11-21(2)15-34)35-20-39(28)17-23-8-4-7-22(13-23)16-38(29(41)42)18-25-19-40(37-36-25)26-10-5-9-24(14-26)30(31,32)33/h1,5,9-10,14,19-23H,4,6-8,11-13,16-18H2,2H3,(H,41,42). The van der Waals surface area contributed by atoms with Crippen molar-refractivity contribution in [1.29, 1.82) is 5.26 Å². The average molecular weight is 582 g/mol. The lowest BCUT2D eigenvalue weighted by atomic mass is 9.81. The topological polar surface area (TPSA) is 113 Å². The second kappa shape index (κ2) is 13.6. The highest BCUT2D eigenvalue weighted by molar-refractivity contribution is 5.64. The Bertz CT molecular complexity index is 1450. The summed E-state index contributed by atoms with van der Waals surface area (Å²) in [6.07, 6.45) is 8.93. The highest BCUT2D eigenvalue weighted by Gasteiger charge is 2.31. The van der Waals surface area contributed by atoms with Crippen LogP contribution in [-0.4, -0.2) is 47.2 Å². The number of terminal acetylenes is 1. The van der Waals surface area contributed by atoms with Crippen LogP contribution in [0.3, 0.4) is 0 Å². The van der Waals surface area contributed by atoms with E-state index in [1.165, 1.54) is 27.9 Å². The summed E-state index contributed by atoms with van der Waals surface area (Å²) in [4.78, 5) is 18.0. The van der Waals surface area contributed by atoms with Gasteiger partial charge in [0.05, 0.1) is 54.2 Å². The molecule has 1 aromatic carbocycles. The number of nitrogens with zero attached hydrogens (tertiary/aromatic N) is 7. The van der Waals surface area contributed by atoms with Crippen molar-refractivity contribution in [2.75, 3.05) is 6.54 Å². The molecule has 0 bridgehead atoms. The molecule has 1 fully saturated rings. The van der Waals surface area contributed by atoms with Crippen molar-refractivity contribution in [2.45, 2.75) is 71.1 Å². The first-order valence-corrected chi connectivity index (χ1v) is 14.0. The zero-order valence-corrected chi connectivity index (χ0v) is 23.5. The van der Waals surface area contributed by atoms with E-state index in [1.54, 1.807) is 0 Å². The van der Waals surface area contributed by atoms with Gasteiger partial charge < -0.3 is 14.6 Å². The van der Waals surface area contributed by atoms with Crippen molar-refractivity contribution < 1.29 is 23.1 Å². The number of carboxylic acid groups (broad SMARTS) is 1. The molecular formula is C30H34F3N7O2. The Morgan fingerprint density at radius 2 is 2.10 bits per heavy atom. The van der Waals surface area contributed by atoms with E-state index in [0.29, 0.717) is 31.0 Å². The fourth-order valence-electron chi connectivity index (χ4n) is 5.58. The maximum absolute atomic E-state index is 13.1. The lowest BCUT2D eigenvalue weighted by Gasteiger charge is -2.32. The van der Waals surface area contributed by atoms with Gasteiger partial charge in [0, 0.05) is 19.0 Å². The number of hydrogen-bond donors (Lipinski definition) is 1. The first-order chi connectivity index (χ1) is 20.1. The number of hydrogen-bond acceptors (Lipinski definition) is 5. The minimum Gasteiger partial charge on any atom is -0.465 e. The van der Waals surface area contributed by atoms with Gasteiger partial charge >= 0.3 is 12.3 Å². The van der Waals surface area contributed by atoms with Crippen molar-refractivity contribution >= 4 is 6.09 Å². The summed E-state index contributed by atoms with van der Waals surface area (Å²) >= 11 is 0. The van der Waals surface area contributed by atoms with Crippen LogP contribution in [0.5, 0.6) is 0 Å². The molecule has 12 heteroatoms. The third-order valence-corrected chi connectivity index (χ3v) is 7.76. The second-order valence-corrected chi connectivity index (χ2v) is 11.0. The quantitative estimate of drug-likeness (QED) is 0.289. The molecule has 4 rings (SSSR count). The van der Waals surface area contributed by atoms with Crippen LogP contribution in [0.2, 0.25) is 0 Å². The molecule has 1 amide bonds. The van der Waals surface area contributed by atoms with E-state index in [0.717, 1.165) is 62.2 Å². The number of carbonyl (C=O) groups is 1. The fraction of sp³-hybridized carbons (Fsp3) is 0.500. The number of aryl methyl sites for hydroxylation is 1. The van der Waals surface area contributed by atoms with Gasteiger partial charge in [-0.3, -0.25) is 0 Å².